The Morgan fingerprint density at radius 1 is 1.13 bits per heavy atom. The maximum absolute atomic E-state index is 12.7. The van der Waals surface area contributed by atoms with Crippen molar-refractivity contribution < 1.29 is 9.59 Å². The number of Topliss-reactive ketones (excluding diaryl/α,β-unsaturated/α-hetero) is 1. The van der Waals surface area contributed by atoms with Crippen LogP contribution in [0, 0.1) is 0 Å². The van der Waals surface area contributed by atoms with Crippen LogP contribution in [0.15, 0.2) is 54.7 Å². The Morgan fingerprint density at radius 3 is 2.60 bits per heavy atom. The summed E-state index contributed by atoms with van der Waals surface area (Å²) >= 11 is 5.96. The molecule has 152 valence electrons. The maximum Gasteiger partial charge on any atom is 0.258 e. The van der Waals surface area contributed by atoms with Gasteiger partial charge in [-0.15, -0.1) is 0 Å². The van der Waals surface area contributed by atoms with Crippen molar-refractivity contribution in [1.29, 1.82) is 0 Å². The van der Waals surface area contributed by atoms with E-state index in [0.717, 1.165) is 5.56 Å². The lowest BCUT2D eigenvalue weighted by Gasteiger charge is -2.23. The molecule has 0 bridgehead atoms. The summed E-state index contributed by atoms with van der Waals surface area (Å²) < 4.78 is 0. The third kappa shape index (κ3) is 4.26. The molecule has 30 heavy (non-hydrogen) atoms. The molecule has 1 aromatic heterocycles. The average Bonchev–Trinajstić information content (AvgIpc) is 2.73. The zero-order chi connectivity index (χ0) is 21.3. The number of ketones is 1. The summed E-state index contributed by atoms with van der Waals surface area (Å²) in [6.45, 7) is 4.32. The van der Waals surface area contributed by atoms with E-state index in [4.69, 9.17) is 11.6 Å². The summed E-state index contributed by atoms with van der Waals surface area (Å²) in [5, 5.41) is 3.17. The monoisotopic (exact) mass is 419 g/mol. The first kappa shape index (κ1) is 20.2. The number of carbonyl (C=O) groups excluding carboxylic acids is 2. The molecule has 0 saturated heterocycles. The number of amides is 1. The fraction of sp³-hybridized carbons (Fsp3) is 0.250. The quantitative estimate of drug-likeness (QED) is 0.613. The Labute approximate surface area is 180 Å². The Kier molecular flexibility index (Phi) is 5.64. The van der Waals surface area contributed by atoms with E-state index in [-0.39, 0.29) is 23.6 Å². The molecular weight excluding hydrogens is 398 g/mol. The molecule has 5 nitrogen and oxygen atoms in total. The average molecular weight is 420 g/mol. The van der Waals surface area contributed by atoms with Crippen LogP contribution < -0.4 is 5.32 Å². The summed E-state index contributed by atoms with van der Waals surface area (Å²) in [5.41, 5.74) is 4.02. The molecule has 2 aromatic carbocycles. The van der Waals surface area contributed by atoms with Crippen LogP contribution in [0.1, 0.15) is 69.6 Å². The molecule has 0 saturated carbocycles. The largest absolute Gasteiger partial charge is 0.294 e. The molecule has 1 atom stereocenters. The molecule has 0 radical (unpaired) electrons. The van der Waals surface area contributed by atoms with Gasteiger partial charge in [0.15, 0.2) is 5.78 Å². The van der Waals surface area contributed by atoms with Gasteiger partial charge in [-0.2, -0.15) is 0 Å². The molecular formula is C24H22ClN3O2. The van der Waals surface area contributed by atoms with Crippen LogP contribution in [0.3, 0.4) is 0 Å². The fourth-order valence-electron chi connectivity index (χ4n) is 3.70. The molecule has 1 aliphatic rings. The number of carbonyl (C=O) groups is 2. The minimum Gasteiger partial charge on any atom is -0.294 e. The lowest BCUT2D eigenvalue weighted by molar-refractivity contribution is 0.0962. The van der Waals surface area contributed by atoms with Gasteiger partial charge in [0.2, 0.25) is 5.95 Å². The van der Waals surface area contributed by atoms with Crippen molar-refractivity contribution in [2.24, 2.45) is 0 Å². The van der Waals surface area contributed by atoms with Crippen LogP contribution in [0.5, 0.6) is 0 Å². The molecule has 0 fully saturated rings. The van der Waals surface area contributed by atoms with Crippen molar-refractivity contribution >= 4 is 29.2 Å². The highest BCUT2D eigenvalue weighted by Crippen LogP contribution is 2.32. The molecule has 1 heterocycles. The SMILES string of the molecule is CC(C)c1ccc([C@@H]2CC(=O)c3cnc(NC(=O)c4cccc(Cl)c4)nc3C2)cc1. The lowest BCUT2D eigenvalue weighted by atomic mass is 9.81. The van der Waals surface area contributed by atoms with Crippen molar-refractivity contribution in [2.75, 3.05) is 5.32 Å². The van der Waals surface area contributed by atoms with Crippen molar-refractivity contribution in [3.8, 4) is 0 Å². The van der Waals surface area contributed by atoms with E-state index >= 15 is 0 Å². The van der Waals surface area contributed by atoms with Crippen molar-refractivity contribution in [3.05, 3.63) is 87.7 Å². The number of aromatic nitrogens is 2. The van der Waals surface area contributed by atoms with Gasteiger partial charge in [-0.1, -0.05) is 55.8 Å². The molecule has 3 aromatic rings. The van der Waals surface area contributed by atoms with E-state index < -0.39 is 0 Å². The molecule has 1 amide bonds. The summed E-state index contributed by atoms with van der Waals surface area (Å²) in [4.78, 5) is 33.7. The second kappa shape index (κ2) is 8.36. The normalized spacial score (nSPS) is 15.7. The minimum absolute atomic E-state index is 0.0295. The molecule has 0 unspecified atom stereocenters. The summed E-state index contributed by atoms with van der Waals surface area (Å²) in [6, 6.07) is 15.1. The van der Waals surface area contributed by atoms with Gasteiger partial charge in [0, 0.05) is 23.2 Å². The lowest BCUT2D eigenvalue weighted by Crippen LogP contribution is -2.22. The van der Waals surface area contributed by atoms with E-state index in [0.29, 0.717) is 40.6 Å². The van der Waals surface area contributed by atoms with E-state index in [1.54, 1.807) is 24.3 Å². The van der Waals surface area contributed by atoms with E-state index in [2.05, 4.69) is 53.4 Å². The second-order valence-electron chi connectivity index (χ2n) is 7.87. The first-order valence-electron chi connectivity index (χ1n) is 9.96. The maximum atomic E-state index is 12.7. The number of nitrogens with zero attached hydrogens (tertiary/aromatic N) is 2. The first-order chi connectivity index (χ1) is 14.4. The third-order valence-electron chi connectivity index (χ3n) is 5.43. The highest BCUT2D eigenvalue weighted by molar-refractivity contribution is 6.31. The second-order valence-corrected chi connectivity index (χ2v) is 8.30. The zero-order valence-electron chi connectivity index (χ0n) is 16.9. The highest BCUT2D eigenvalue weighted by atomic mass is 35.5. The number of hydrogen-bond acceptors (Lipinski definition) is 4. The van der Waals surface area contributed by atoms with Gasteiger partial charge in [-0.3, -0.25) is 14.9 Å². The topological polar surface area (TPSA) is 72.0 Å². The van der Waals surface area contributed by atoms with Gasteiger partial charge in [-0.25, -0.2) is 9.97 Å². The van der Waals surface area contributed by atoms with Crippen LogP contribution >= 0.6 is 11.6 Å². The highest BCUT2D eigenvalue weighted by Gasteiger charge is 2.28. The Balaban J connectivity index is 1.55. The van der Waals surface area contributed by atoms with E-state index in [1.165, 1.54) is 11.8 Å². The first-order valence-corrected chi connectivity index (χ1v) is 10.3. The van der Waals surface area contributed by atoms with Crippen LogP contribution in [0.2, 0.25) is 5.02 Å². The number of benzene rings is 2. The number of rotatable bonds is 4. The summed E-state index contributed by atoms with van der Waals surface area (Å²) in [6.07, 6.45) is 2.58. The molecule has 0 spiro atoms. The van der Waals surface area contributed by atoms with Crippen molar-refractivity contribution in [2.45, 2.75) is 38.5 Å². The molecule has 6 heteroatoms. The zero-order valence-corrected chi connectivity index (χ0v) is 17.6. The van der Waals surface area contributed by atoms with Crippen molar-refractivity contribution in [1.82, 2.24) is 9.97 Å². The standard InChI is InChI=1S/C24H22ClN3O2/c1-14(2)15-6-8-16(9-7-15)18-11-21-20(22(29)12-18)13-26-24(27-21)28-23(30)17-4-3-5-19(25)10-17/h3-10,13-14,18H,11-12H2,1-2H3,(H,26,27,28,30)/t18-/m0/s1. The number of nitrogens with one attached hydrogen (secondary N) is 1. The summed E-state index contributed by atoms with van der Waals surface area (Å²) in [7, 11) is 0. The van der Waals surface area contributed by atoms with Gasteiger partial charge in [0.25, 0.3) is 5.91 Å². The Bertz CT molecular complexity index is 1110. The predicted octanol–water partition coefficient (Wildman–Crippen LogP) is 5.42. The van der Waals surface area contributed by atoms with Gasteiger partial charge in [-0.05, 0) is 47.6 Å². The third-order valence-corrected chi connectivity index (χ3v) is 5.66. The van der Waals surface area contributed by atoms with E-state index in [9.17, 15) is 9.59 Å². The van der Waals surface area contributed by atoms with Crippen LogP contribution in [-0.2, 0) is 6.42 Å². The van der Waals surface area contributed by atoms with Crippen LogP contribution in [0.25, 0.3) is 0 Å². The fourth-order valence-corrected chi connectivity index (χ4v) is 3.89. The molecule has 0 aliphatic heterocycles. The van der Waals surface area contributed by atoms with Gasteiger partial charge >= 0.3 is 0 Å². The van der Waals surface area contributed by atoms with Crippen molar-refractivity contribution in [3.63, 3.8) is 0 Å². The van der Waals surface area contributed by atoms with Gasteiger partial charge < -0.3 is 0 Å². The van der Waals surface area contributed by atoms with Gasteiger partial charge in [0.1, 0.15) is 0 Å². The smallest absolute Gasteiger partial charge is 0.258 e. The number of fused-ring (bicyclic) bond motifs is 1. The number of hydrogen-bond donors (Lipinski definition) is 1. The summed E-state index contributed by atoms with van der Waals surface area (Å²) in [5.74, 6) is 0.397. The molecule has 4 rings (SSSR count). The molecule has 1 aliphatic carbocycles. The number of anilines is 1. The van der Waals surface area contributed by atoms with Gasteiger partial charge in [0.05, 0.1) is 11.3 Å². The van der Waals surface area contributed by atoms with Crippen LogP contribution in [0.4, 0.5) is 5.95 Å². The Morgan fingerprint density at radius 2 is 1.90 bits per heavy atom. The predicted molar refractivity (Wildman–Crippen MR) is 117 cm³/mol. The molecule has 1 N–H and O–H groups in total. The van der Waals surface area contributed by atoms with Crippen LogP contribution in [-0.4, -0.2) is 21.7 Å². The minimum atomic E-state index is -0.347. The van der Waals surface area contributed by atoms with E-state index in [1.807, 2.05) is 0 Å². The number of halogens is 1. The Hall–Kier alpha value is -3.05.